The maximum atomic E-state index is 2.43. The van der Waals surface area contributed by atoms with E-state index in [1.54, 1.807) is 5.57 Å². The number of benzene rings is 2. The van der Waals surface area contributed by atoms with Crippen LogP contribution in [0.15, 0.2) is 71.8 Å². The summed E-state index contributed by atoms with van der Waals surface area (Å²) >= 11 is 0. The summed E-state index contributed by atoms with van der Waals surface area (Å²) in [5.74, 6) is 0. The number of rotatable bonds is 1. The Kier molecular flexibility index (Phi) is 3.29. The molecule has 3 aliphatic rings. The summed E-state index contributed by atoms with van der Waals surface area (Å²) in [6.07, 6.45) is 14.6. The van der Waals surface area contributed by atoms with Gasteiger partial charge < -0.3 is 0 Å². The highest BCUT2D eigenvalue weighted by atomic mass is 14.2. The van der Waals surface area contributed by atoms with Crippen LogP contribution < -0.4 is 0 Å². The van der Waals surface area contributed by atoms with Crippen LogP contribution in [0.4, 0.5) is 0 Å². The lowest BCUT2D eigenvalue weighted by Gasteiger charge is -2.18. The van der Waals surface area contributed by atoms with Gasteiger partial charge in [0.05, 0.1) is 0 Å². The molecule has 1 saturated carbocycles. The lowest BCUT2D eigenvalue weighted by molar-refractivity contribution is 0.597. The van der Waals surface area contributed by atoms with Gasteiger partial charge in [0.1, 0.15) is 0 Å². The predicted molar refractivity (Wildman–Crippen MR) is 102 cm³/mol. The summed E-state index contributed by atoms with van der Waals surface area (Å²) < 4.78 is 0. The average molecular weight is 310 g/mol. The molecular weight excluding hydrogens is 288 g/mol. The van der Waals surface area contributed by atoms with Gasteiger partial charge in [-0.05, 0) is 71.1 Å². The fourth-order valence-corrected chi connectivity index (χ4v) is 4.54. The molecule has 2 aromatic rings. The van der Waals surface area contributed by atoms with Crippen molar-refractivity contribution in [2.45, 2.75) is 38.5 Å². The highest BCUT2D eigenvalue weighted by Crippen LogP contribution is 2.41. The first-order valence-electron chi connectivity index (χ1n) is 9.22. The number of hydrogen-bond donors (Lipinski definition) is 0. The number of hydrogen-bond acceptors (Lipinski definition) is 0. The van der Waals surface area contributed by atoms with Crippen LogP contribution in [0, 0.1) is 0 Å². The first-order valence-corrected chi connectivity index (χ1v) is 9.22. The van der Waals surface area contributed by atoms with Crippen molar-refractivity contribution in [3.63, 3.8) is 0 Å². The lowest BCUT2D eigenvalue weighted by Crippen LogP contribution is -1.99. The van der Waals surface area contributed by atoms with Crippen molar-refractivity contribution in [2.75, 3.05) is 0 Å². The third kappa shape index (κ3) is 2.21. The van der Waals surface area contributed by atoms with Crippen LogP contribution in [0.3, 0.4) is 0 Å². The van der Waals surface area contributed by atoms with Gasteiger partial charge in [0, 0.05) is 0 Å². The minimum absolute atomic E-state index is 1.08. The first kappa shape index (κ1) is 14.0. The van der Waals surface area contributed by atoms with E-state index in [0.29, 0.717) is 0 Å². The summed E-state index contributed by atoms with van der Waals surface area (Å²) in [7, 11) is 0. The van der Waals surface area contributed by atoms with Gasteiger partial charge in [0.15, 0.2) is 0 Å². The zero-order chi connectivity index (χ0) is 15.9. The van der Waals surface area contributed by atoms with Gasteiger partial charge >= 0.3 is 0 Å². The predicted octanol–water partition coefficient (Wildman–Crippen LogP) is 6.47. The van der Waals surface area contributed by atoms with Crippen LogP contribution in [0.2, 0.25) is 0 Å². The molecule has 0 bridgehead atoms. The zero-order valence-electron chi connectivity index (χ0n) is 14.0. The standard InChI is InChI=1S/C24H22/c1-2-7-17(8-3-1)21-11-6-12-23(21)19-13-14-24-20(16-19)15-18-9-4-5-10-22(18)24/h4-6,9-14,16H,1-3,7-8,15H2. The van der Waals surface area contributed by atoms with Crippen molar-refractivity contribution in [1.82, 2.24) is 0 Å². The second-order valence-corrected chi connectivity index (χ2v) is 7.22. The second-order valence-electron chi connectivity index (χ2n) is 7.22. The lowest BCUT2D eigenvalue weighted by atomic mass is 9.87. The molecular formula is C24H22. The van der Waals surface area contributed by atoms with E-state index in [2.05, 4.69) is 60.7 Å². The Balaban J connectivity index is 1.54. The topological polar surface area (TPSA) is 0 Å². The molecule has 2 aromatic carbocycles. The van der Waals surface area contributed by atoms with Crippen molar-refractivity contribution in [3.05, 3.63) is 88.5 Å². The number of fused-ring (bicyclic) bond motifs is 3. The molecule has 0 nitrogen and oxygen atoms in total. The summed E-state index contributed by atoms with van der Waals surface area (Å²) in [6, 6.07) is 15.9. The molecule has 0 saturated heterocycles. The third-order valence-corrected chi connectivity index (χ3v) is 5.76. The molecule has 0 aliphatic heterocycles. The maximum Gasteiger partial charge on any atom is -0.00132 e. The van der Waals surface area contributed by atoms with E-state index in [-0.39, 0.29) is 0 Å². The molecule has 0 heterocycles. The SMILES string of the molecule is C1=CC(=C2CCCCC2)C(c2ccc3c(c2)Cc2ccccc2-3)=C1. The molecule has 0 radical (unpaired) electrons. The fourth-order valence-electron chi connectivity index (χ4n) is 4.54. The first-order chi connectivity index (χ1) is 11.9. The average Bonchev–Trinajstić information content (AvgIpc) is 3.26. The van der Waals surface area contributed by atoms with Gasteiger partial charge in [0.2, 0.25) is 0 Å². The monoisotopic (exact) mass is 310 g/mol. The molecule has 0 heteroatoms. The minimum Gasteiger partial charge on any atom is -0.0623 e. The molecule has 0 aromatic heterocycles. The minimum atomic E-state index is 1.08. The van der Waals surface area contributed by atoms with Crippen molar-refractivity contribution in [2.24, 2.45) is 0 Å². The summed E-state index contributed by atoms with van der Waals surface area (Å²) in [5, 5.41) is 0. The fraction of sp³-hybridized carbons (Fsp3) is 0.250. The molecule has 0 atom stereocenters. The molecule has 0 unspecified atom stereocenters. The van der Waals surface area contributed by atoms with Gasteiger partial charge in [-0.2, -0.15) is 0 Å². The Morgan fingerprint density at radius 3 is 2.50 bits per heavy atom. The molecule has 0 amide bonds. The summed E-state index contributed by atoms with van der Waals surface area (Å²) in [5.41, 5.74) is 11.8. The van der Waals surface area contributed by atoms with Gasteiger partial charge in [-0.15, -0.1) is 0 Å². The van der Waals surface area contributed by atoms with Gasteiger partial charge in [-0.1, -0.05) is 72.7 Å². The van der Waals surface area contributed by atoms with Gasteiger partial charge in [0.25, 0.3) is 0 Å². The van der Waals surface area contributed by atoms with Crippen molar-refractivity contribution in [3.8, 4) is 11.1 Å². The Morgan fingerprint density at radius 1 is 0.750 bits per heavy atom. The van der Waals surface area contributed by atoms with E-state index >= 15 is 0 Å². The van der Waals surface area contributed by atoms with Crippen LogP contribution in [0.5, 0.6) is 0 Å². The van der Waals surface area contributed by atoms with Crippen molar-refractivity contribution >= 4 is 5.57 Å². The van der Waals surface area contributed by atoms with Crippen LogP contribution in [0.25, 0.3) is 16.7 Å². The molecule has 0 spiro atoms. The normalized spacial score (nSPS) is 18.6. The molecule has 3 aliphatic carbocycles. The Morgan fingerprint density at radius 2 is 1.58 bits per heavy atom. The molecule has 5 rings (SSSR count). The highest BCUT2D eigenvalue weighted by molar-refractivity contribution is 5.89. The van der Waals surface area contributed by atoms with E-state index in [1.807, 2.05) is 0 Å². The van der Waals surface area contributed by atoms with Crippen LogP contribution in [-0.2, 0) is 6.42 Å². The molecule has 118 valence electrons. The third-order valence-electron chi connectivity index (χ3n) is 5.76. The second kappa shape index (κ2) is 5.63. The molecule has 24 heavy (non-hydrogen) atoms. The largest absolute Gasteiger partial charge is 0.0623 e. The van der Waals surface area contributed by atoms with E-state index < -0.39 is 0 Å². The maximum absolute atomic E-state index is 2.43. The Bertz CT molecular complexity index is 897. The zero-order valence-corrected chi connectivity index (χ0v) is 14.0. The van der Waals surface area contributed by atoms with Gasteiger partial charge in [-0.3, -0.25) is 0 Å². The molecule has 1 fully saturated rings. The highest BCUT2D eigenvalue weighted by Gasteiger charge is 2.21. The summed E-state index contributed by atoms with van der Waals surface area (Å²) in [6.45, 7) is 0. The van der Waals surface area contributed by atoms with Gasteiger partial charge in [-0.25, -0.2) is 0 Å². The van der Waals surface area contributed by atoms with E-state index in [1.165, 1.54) is 71.1 Å². The molecule has 0 N–H and O–H groups in total. The van der Waals surface area contributed by atoms with Crippen LogP contribution in [0.1, 0.15) is 48.8 Å². The van der Waals surface area contributed by atoms with Crippen LogP contribution >= 0.6 is 0 Å². The Hall–Kier alpha value is -2.34. The van der Waals surface area contributed by atoms with E-state index in [9.17, 15) is 0 Å². The van der Waals surface area contributed by atoms with E-state index in [4.69, 9.17) is 0 Å². The van der Waals surface area contributed by atoms with E-state index in [0.717, 1.165) is 6.42 Å². The van der Waals surface area contributed by atoms with Crippen LogP contribution in [-0.4, -0.2) is 0 Å². The van der Waals surface area contributed by atoms with Crippen molar-refractivity contribution < 1.29 is 0 Å². The Labute approximate surface area is 144 Å². The smallest absolute Gasteiger partial charge is 0.00132 e. The van der Waals surface area contributed by atoms with Crippen molar-refractivity contribution in [1.29, 1.82) is 0 Å². The number of allylic oxidation sites excluding steroid dienone is 6. The summed E-state index contributed by atoms with van der Waals surface area (Å²) in [4.78, 5) is 0. The quantitative estimate of drug-likeness (QED) is 0.483.